The third-order valence-electron chi connectivity index (χ3n) is 6.76. The highest BCUT2D eigenvalue weighted by molar-refractivity contribution is 7.92. The summed E-state index contributed by atoms with van der Waals surface area (Å²) in [5, 5.41) is 4.89. The van der Waals surface area contributed by atoms with Gasteiger partial charge in [-0.15, -0.1) is 0 Å². The maximum absolute atomic E-state index is 12.7. The molecule has 1 saturated carbocycles. The molecule has 1 fully saturated rings. The molecule has 1 aliphatic rings. The number of nitrogens with one attached hydrogen (secondary N) is 2. The highest BCUT2D eigenvalue weighted by Gasteiger charge is 2.20. The molecule has 0 amide bonds. The quantitative estimate of drug-likeness (QED) is 0.268. The second kappa shape index (κ2) is 11.2. The number of hydrogen-bond donors (Lipinski definition) is 3. The van der Waals surface area contributed by atoms with Crippen molar-refractivity contribution in [1.29, 1.82) is 0 Å². The molecule has 2 aromatic heterocycles. The third kappa shape index (κ3) is 5.80. The van der Waals surface area contributed by atoms with Gasteiger partial charge >= 0.3 is 0 Å². The van der Waals surface area contributed by atoms with Crippen molar-refractivity contribution in [2.75, 3.05) is 10.0 Å². The van der Waals surface area contributed by atoms with E-state index in [9.17, 15) is 4.55 Å². The Balaban J connectivity index is 1.38. The molecule has 192 valence electrons. The maximum atomic E-state index is 12.7. The Morgan fingerprint density at radius 1 is 1.05 bits per heavy atom. The van der Waals surface area contributed by atoms with Gasteiger partial charge in [-0.2, -0.15) is 4.72 Å². The normalized spacial score (nSPS) is 18.5. The number of halogens is 1. The molecule has 8 nitrogen and oxygen atoms in total. The second-order valence-corrected chi connectivity index (χ2v) is 11.0. The Kier molecular flexibility index (Phi) is 7.76. The number of anilines is 2. The van der Waals surface area contributed by atoms with Crippen LogP contribution >= 0.6 is 11.6 Å². The van der Waals surface area contributed by atoms with Crippen molar-refractivity contribution < 1.29 is 4.55 Å². The third-order valence-corrected chi connectivity index (χ3v) is 8.32. The number of hydrogen-bond acceptors (Lipinski definition) is 8. The molecule has 4 aromatic rings. The molecule has 5 rings (SSSR count). The fourth-order valence-electron chi connectivity index (χ4n) is 4.69. The van der Waals surface area contributed by atoms with Crippen molar-refractivity contribution in [2.24, 2.45) is 5.73 Å². The number of benzene rings is 2. The number of aryl methyl sites for hydroxylation is 2. The van der Waals surface area contributed by atoms with Crippen LogP contribution in [-0.4, -0.2) is 36.6 Å². The Morgan fingerprint density at radius 2 is 1.81 bits per heavy atom. The largest absolute Gasteiger partial charge is 0.588 e. The zero-order valence-electron chi connectivity index (χ0n) is 20.9. The fourth-order valence-corrected chi connectivity index (χ4v) is 5.86. The zero-order valence-corrected chi connectivity index (χ0v) is 22.4. The minimum absolute atomic E-state index is 0.277. The molecule has 2 aromatic carbocycles. The van der Waals surface area contributed by atoms with Crippen molar-refractivity contribution in [3.63, 3.8) is 0 Å². The number of nitrogens with two attached hydrogens (primary N) is 1. The molecule has 4 N–H and O–H groups in total. The van der Waals surface area contributed by atoms with Crippen LogP contribution in [0.4, 0.5) is 11.9 Å². The molecular formula is C27H30ClN7OS. The molecule has 0 radical (unpaired) electrons. The van der Waals surface area contributed by atoms with Crippen LogP contribution in [0.1, 0.15) is 43.9 Å². The fraction of sp³-hybridized carbons (Fsp3) is 0.333. The van der Waals surface area contributed by atoms with Crippen molar-refractivity contribution >= 4 is 45.8 Å². The van der Waals surface area contributed by atoms with Gasteiger partial charge in [-0.25, -0.2) is 19.9 Å². The van der Waals surface area contributed by atoms with E-state index in [1.54, 1.807) is 30.5 Å². The summed E-state index contributed by atoms with van der Waals surface area (Å²) in [5.41, 5.74) is 10.8. The summed E-state index contributed by atoms with van der Waals surface area (Å²) in [5.74, 6) is 0.940. The van der Waals surface area contributed by atoms with Gasteiger partial charge in [0.25, 0.3) is 5.95 Å². The first-order chi connectivity index (χ1) is 17.9. The second-order valence-electron chi connectivity index (χ2n) is 9.37. The van der Waals surface area contributed by atoms with E-state index in [2.05, 4.69) is 44.0 Å². The van der Waals surface area contributed by atoms with Crippen molar-refractivity contribution in [1.82, 2.24) is 19.9 Å². The molecular weight excluding hydrogens is 506 g/mol. The van der Waals surface area contributed by atoms with E-state index in [1.807, 2.05) is 13.1 Å². The molecule has 0 aliphatic heterocycles. The van der Waals surface area contributed by atoms with Crippen LogP contribution in [-0.2, 0) is 17.8 Å². The molecule has 0 spiro atoms. The van der Waals surface area contributed by atoms with Gasteiger partial charge in [-0.05, 0) is 74.4 Å². The van der Waals surface area contributed by atoms with Gasteiger partial charge in [0.2, 0.25) is 5.95 Å². The summed E-state index contributed by atoms with van der Waals surface area (Å²) in [6.07, 6.45) is 8.59. The molecule has 1 unspecified atom stereocenters. The lowest BCUT2D eigenvalue weighted by Gasteiger charge is -2.26. The van der Waals surface area contributed by atoms with Crippen molar-refractivity contribution in [3.8, 4) is 11.1 Å². The standard InChI is InChI=1S/C27H30ClN7OS/c1-3-17-12-18(13-19-14-30-26(34-25(17)19)33-21-10-8-20(29)9-11-21)22-15-31-27(32-16(22)2)35-37(36)24-7-5-4-6-23(24)28/h4-7,12-15,20-21H,3,8-11,29H2,1-2H3,(H,30,33,34)(H,31,32,35)/t20-,21-,37?. The monoisotopic (exact) mass is 535 g/mol. The van der Waals surface area contributed by atoms with Crippen LogP contribution in [0, 0.1) is 6.92 Å². The van der Waals surface area contributed by atoms with Crippen LogP contribution in [0.25, 0.3) is 22.0 Å². The van der Waals surface area contributed by atoms with Crippen LogP contribution in [0.15, 0.2) is 53.7 Å². The molecule has 10 heteroatoms. The Morgan fingerprint density at radius 3 is 2.54 bits per heavy atom. The Hall–Kier alpha value is -2.98. The van der Waals surface area contributed by atoms with E-state index in [1.165, 1.54) is 0 Å². The SMILES string of the molecule is CCc1cc(-c2cnc(N[S+]([O-])c3ccccc3Cl)nc2C)cc2cnc(N[C@H]3CC[C@H](N)CC3)nc12. The van der Waals surface area contributed by atoms with E-state index in [0.717, 1.165) is 65.4 Å². The predicted molar refractivity (Wildman–Crippen MR) is 150 cm³/mol. The average Bonchev–Trinajstić information content (AvgIpc) is 2.89. The van der Waals surface area contributed by atoms with Gasteiger partial charge in [-0.3, -0.25) is 0 Å². The van der Waals surface area contributed by atoms with Gasteiger partial charge in [0.15, 0.2) is 4.90 Å². The van der Waals surface area contributed by atoms with Gasteiger partial charge in [0.05, 0.1) is 16.2 Å². The minimum Gasteiger partial charge on any atom is -0.588 e. The summed E-state index contributed by atoms with van der Waals surface area (Å²) < 4.78 is 15.6. The minimum atomic E-state index is -1.57. The van der Waals surface area contributed by atoms with Gasteiger partial charge in [-0.1, -0.05) is 30.7 Å². The van der Waals surface area contributed by atoms with Crippen LogP contribution in [0.3, 0.4) is 0 Å². The first-order valence-electron chi connectivity index (χ1n) is 12.5. The summed E-state index contributed by atoms with van der Waals surface area (Å²) in [7, 11) is 0. The predicted octanol–water partition coefficient (Wildman–Crippen LogP) is 5.43. The van der Waals surface area contributed by atoms with Crippen LogP contribution in [0.2, 0.25) is 5.02 Å². The van der Waals surface area contributed by atoms with E-state index in [-0.39, 0.29) is 5.95 Å². The van der Waals surface area contributed by atoms with E-state index in [0.29, 0.717) is 28.0 Å². The molecule has 1 atom stereocenters. The first-order valence-corrected chi connectivity index (χ1v) is 14.0. The smallest absolute Gasteiger partial charge is 0.265 e. The Labute approximate surface area is 224 Å². The maximum Gasteiger partial charge on any atom is 0.265 e. The van der Waals surface area contributed by atoms with Crippen molar-refractivity contribution in [3.05, 3.63) is 65.1 Å². The van der Waals surface area contributed by atoms with Gasteiger partial charge in [0, 0.05) is 35.4 Å². The van der Waals surface area contributed by atoms with Crippen molar-refractivity contribution in [2.45, 2.75) is 62.9 Å². The summed E-state index contributed by atoms with van der Waals surface area (Å²) in [6.45, 7) is 4.03. The molecule has 1 aliphatic carbocycles. The summed E-state index contributed by atoms with van der Waals surface area (Å²) in [4.78, 5) is 18.9. The highest BCUT2D eigenvalue weighted by Crippen LogP contribution is 2.30. The van der Waals surface area contributed by atoms with Crippen LogP contribution in [0.5, 0.6) is 0 Å². The molecule has 0 saturated heterocycles. The summed E-state index contributed by atoms with van der Waals surface area (Å²) >= 11 is 4.60. The lowest BCUT2D eigenvalue weighted by atomic mass is 9.92. The van der Waals surface area contributed by atoms with E-state index in [4.69, 9.17) is 22.3 Å². The average molecular weight is 536 g/mol. The van der Waals surface area contributed by atoms with Crippen LogP contribution < -0.4 is 15.8 Å². The highest BCUT2D eigenvalue weighted by atomic mass is 35.5. The van der Waals surface area contributed by atoms with Gasteiger partial charge < -0.3 is 15.6 Å². The Bertz CT molecular complexity index is 1410. The first kappa shape index (κ1) is 25.7. The number of aromatic nitrogens is 4. The zero-order chi connectivity index (χ0) is 25.9. The topological polar surface area (TPSA) is 125 Å². The summed E-state index contributed by atoms with van der Waals surface area (Å²) in [6, 6.07) is 11.9. The number of nitrogens with zero attached hydrogens (tertiary/aromatic N) is 4. The van der Waals surface area contributed by atoms with Gasteiger partial charge in [0.1, 0.15) is 11.4 Å². The molecule has 2 heterocycles. The molecule has 0 bridgehead atoms. The lowest BCUT2D eigenvalue weighted by Crippen LogP contribution is -2.33. The van der Waals surface area contributed by atoms with E-state index >= 15 is 0 Å². The van der Waals surface area contributed by atoms with E-state index < -0.39 is 11.4 Å². The number of fused-ring (bicyclic) bond motifs is 1. The molecule has 37 heavy (non-hydrogen) atoms. The lowest BCUT2D eigenvalue weighted by molar-refractivity contribution is 0.410. The number of rotatable bonds is 7.